The number of nitrogens with zero attached hydrogens (tertiary/aromatic N) is 1. The molecule has 0 radical (unpaired) electrons. The molecule has 1 aromatic carbocycles. The van der Waals surface area contributed by atoms with Gasteiger partial charge in [-0.15, -0.1) is 0 Å². The average Bonchev–Trinajstić information content (AvgIpc) is 2.43. The molecule has 2 rings (SSSR count). The molecule has 0 aromatic heterocycles. The fourth-order valence-electron chi connectivity index (χ4n) is 2.98. The SMILES string of the molecule is CCC1CCCCN1Cc1ccc(CNC)cc1Br. The third-order valence-electron chi connectivity index (χ3n) is 4.09. The molecule has 0 amide bonds. The van der Waals surface area contributed by atoms with Crippen molar-refractivity contribution in [3.63, 3.8) is 0 Å². The minimum absolute atomic E-state index is 0.776. The van der Waals surface area contributed by atoms with E-state index >= 15 is 0 Å². The van der Waals surface area contributed by atoms with Crippen molar-refractivity contribution in [2.24, 2.45) is 0 Å². The van der Waals surface area contributed by atoms with Crippen LogP contribution in [0.15, 0.2) is 22.7 Å². The lowest BCUT2D eigenvalue weighted by molar-refractivity contribution is 0.136. The highest BCUT2D eigenvalue weighted by Crippen LogP contribution is 2.25. The van der Waals surface area contributed by atoms with Gasteiger partial charge in [0.05, 0.1) is 0 Å². The number of hydrogen-bond donors (Lipinski definition) is 1. The molecule has 1 N–H and O–H groups in total. The molecule has 19 heavy (non-hydrogen) atoms. The van der Waals surface area contributed by atoms with Gasteiger partial charge < -0.3 is 5.32 Å². The number of halogens is 1. The Kier molecular flexibility index (Phi) is 5.86. The normalized spacial score (nSPS) is 20.7. The maximum absolute atomic E-state index is 3.73. The van der Waals surface area contributed by atoms with Crippen molar-refractivity contribution in [3.8, 4) is 0 Å². The zero-order valence-corrected chi connectivity index (χ0v) is 13.7. The second-order valence-corrected chi connectivity index (χ2v) is 6.34. The van der Waals surface area contributed by atoms with Crippen LogP contribution in [0, 0.1) is 0 Å². The third-order valence-corrected chi connectivity index (χ3v) is 4.83. The third kappa shape index (κ3) is 4.04. The van der Waals surface area contributed by atoms with Gasteiger partial charge in [-0.3, -0.25) is 4.90 Å². The van der Waals surface area contributed by atoms with E-state index < -0.39 is 0 Å². The van der Waals surface area contributed by atoms with Crippen molar-refractivity contribution in [1.29, 1.82) is 0 Å². The van der Waals surface area contributed by atoms with E-state index in [0.29, 0.717) is 0 Å². The van der Waals surface area contributed by atoms with Gasteiger partial charge in [-0.25, -0.2) is 0 Å². The Morgan fingerprint density at radius 1 is 1.37 bits per heavy atom. The minimum Gasteiger partial charge on any atom is -0.316 e. The summed E-state index contributed by atoms with van der Waals surface area (Å²) in [4.78, 5) is 2.65. The van der Waals surface area contributed by atoms with Gasteiger partial charge in [-0.1, -0.05) is 41.4 Å². The highest BCUT2D eigenvalue weighted by Gasteiger charge is 2.21. The molecule has 0 spiro atoms. The van der Waals surface area contributed by atoms with E-state index in [0.717, 1.165) is 19.1 Å². The standard InChI is InChI=1S/C16H25BrN2/c1-3-15-6-4-5-9-19(15)12-14-8-7-13(11-18-2)10-16(14)17/h7-8,10,15,18H,3-6,9,11-12H2,1-2H3. The molecule has 1 atom stereocenters. The van der Waals surface area contributed by atoms with E-state index in [1.807, 2.05) is 7.05 Å². The lowest BCUT2D eigenvalue weighted by Crippen LogP contribution is -2.38. The Balaban J connectivity index is 2.05. The van der Waals surface area contributed by atoms with Crippen molar-refractivity contribution in [2.75, 3.05) is 13.6 Å². The molecule has 1 aromatic rings. The average molecular weight is 325 g/mol. The Labute approximate surface area is 125 Å². The summed E-state index contributed by atoms with van der Waals surface area (Å²) in [6.07, 6.45) is 5.39. The molecule has 3 heteroatoms. The maximum atomic E-state index is 3.73. The fraction of sp³-hybridized carbons (Fsp3) is 0.625. The second-order valence-electron chi connectivity index (χ2n) is 5.48. The van der Waals surface area contributed by atoms with Gasteiger partial charge >= 0.3 is 0 Å². The van der Waals surface area contributed by atoms with E-state index in [2.05, 4.69) is 51.3 Å². The Bertz CT molecular complexity index is 406. The minimum atomic E-state index is 0.776. The Morgan fingerprint density at radius 2 is 2.21 bits per heavy atom. The number of hydrogen-bond acceptors (Lipinski definition) is 2. The van der Waals surface area contributed by atoms with Crippen LogP contribution in [0.1, 0.15) is 43.7 Å². The van der Waals surface area contributed by atoms with Gasteiger partial charge in [0, 0.05) is 23.6 Å². The molecular weight excluding hydrogens is 300 g/mol. The van der Waals surface area contributed by atoms with Gasteiger partial charge in [0.15, 0.2) is 0 Å². The molecule has 0 saturated carbocycles. The zero-order chi connectivity index (χ0) is 13.7. The summed E-state index contributed by atoms with van der Waals surface area (Å²) >= 11 is 3.73. The number of piperidine rings is 1. The molecule has 1 unspecified atom stereocenters. The summed E-state index contributed by atoms with van der Waals surface area (Å²) in [5.41, 5.74) is 2.75. The first-order valence-electron chi connectivity index (χ1n) is 7.40. The van der Waals surface area contributed by atoms with Gasteiger partial charge in [-0.2, -0.15) is 0 Å². The van der Waals surface area contributed by atoms with Gasteiger partial charge in [-0.05, 0) is 50.0 Å². The van der Waals surface area contributed by atoms with Crippen LogP contribution in [0.4, 0.5) is 0 Å². The summed E-state index contributed by atoms with van der Waals surface area (Å²) in [6.45, 7) is 5.58. The number of nitrogens with one attached hydrogen (secondary N) is 1. The maximum Gasteiger partial charge on any atom is 0.0247 e. The largest absolute Gasteiger partial charge is 0.316 e. The summed E-state index contributed by atoms with van der Waals surface area (Å²) in [7, 11) is 1.99. The van der Waals surface area contributed by atoms with Crippen LogP contribution in [0.2, 0.25) is 0 Å². The van der Waals surface area contributed by atoms with Crippen LogP contribution < -0.4 is 5.32 Å². The van der Waals surface area contributed by atoms with Crippen LogP contribution >= 0.6 is 15.9 Å². The van der Waals surface area contributed by atoms with Crippen LogP contribution in [0.25, 0.3) is 0 Å². The summed E-state index contributed by atoms with van der Waals surface area (Å²) in [6, 6.07) is 7.54. The van der Waals surface area contributed by atoms with Crippen molar-refractivity contribution in [2.45, 2.75) is 51.7 Å². The fourth-order valence-corrected chi connectivity index (χ4v) is 3.53. The molecule has 1 aliphatic heterocycles. The van der Waals surface area contributed by atoms with Crippen molar-refractivity contribution >= 4 is 15.9 Å². The van der Waals surface area contributed by atoms with Crippen LogP contribution in [0.5, 0.6) is 0 Å². The summed E-state index contributed by atoms with van der Waals surface area (Å²) < 4.78 is 1.25. The van der Waals surface area contributed by atoms with E-state index in [4.69, 9.17) is 0 Å². The highest BCUT2D eigenvalue weighted by atomic mass is 79.9. The lowest BCUT2D eigenvalue weighted by Gasteiger charge is -2.35. The highest BCUT2D eigenvalue weighted by molar-refractivity contribution is 9.10. The van der Waals surface area contributed by atoms with Gasteiger partial charge in [0.2, 0.25) is 0 Å². The summed E-state index contributed by atoms with van der Waals surface area (Å²) in [5, 5.41) is 3.20. The molecule has 2 nitrogen and oxygen atoms in total. The topological polar surface area (TPSA) is 15.3 Å². The number of rotatable bonds is 5. The second kappa shape index (κ2) is 7.41. The molecular formula is C16H25BrN2. The molecule has 0 bridgehead atoms. The van der Waals surface area contributed by atoms with E-state index in [-0.39, 0.29) is 0 Å². The van der Waals surface area contributed by atoms with Gasteiger partial charge in [0.25, 0.3) is 0 Å². The molecule has 1 fully saturated rings. The predicted octanol–water partition coefficient (Wildman–Crippen LogP) is 3.93. The van der Waals surface area contributed by atoms with E-state index in [1.54, 1.807) is 0 Å². The first kappa shape index (κ1) is 15.0. The van der Waals surface area contributed by atoms with Crippen LogP contribution in [0.3, 0.4) is 0 Å². The summed E-state index contributed by atoms with van der Waals surface area (Å²) in [5.74, 6) is 0. The molecule has 0 aliphatic carbocycles. The molecule has 1 saturated heterocycles. The first-order valence-corrected chi connectivity index (χ1v) is 8.19. The van der Waals surface area contributed by atoms with Crippen LogP contribution in [-0.4, -0.2) is 24.5 Å². The number of benzene rings is 1. The van der Waals surface area contributed by atoms with Crippen LogP contribution in [-0.2, 0) is 13.1 Å². The molecule has 1 heterocycles. The predicted molar refractivity (Wildman–Crippen MR) is 85.2 cm³/mol. The Morgan fingerprint density at radius 3 is 2.89 bits per heavy atom. The monoisotopic (exact) mass is 324 g/mol. The van der Waals surface area contributed by atoms with Crippen molar-refractivity contribution in [3.05, 3.63) is 33.8 Å². The lowest BCUT2D eigenvalue weighted by atomic mass is 9.99. The van der Waals surface area contributed by atoms with E-state index in [9.17, 15) is 0 Å². The van der Waals surface area contributed by atoms with E-state index in [1.165, 1.54) is 47.8 Å². The quantitative estimate of drug-likeness (QED) is 0.882. The number of likely N-dealkylation sites (tertiary alicyclic amines) is 1. The van der Waals surface area contributed by atoms with Crippen molar-refractivity contribution < 1.29 is 0 Å². The molecule has 106 valence electrons. The Hall–Kier alpha value is -0.380. The molecule has 1 aliphatic rings. The zero-order valence-electron chi connectivity index (χ0n) is 12.1. The first-order chi connectivity index (χ1) is 9.24. The van der Waals surface area contributed by atoms with Crippen molar-refractivity contribution in [1.82, 2.24) is 10.2 Å². The smallest absolute Gasteiger partial charge is 0.0247 e. The van der Waals surface area contributed by atoms with Gasteiger partial charge in [0.1, 0.15) is 0 Å².